The van der Waals surface area contributed by atoms with E-state index in [0.717, 1.165) is 0 Å². The number of hydrogen-bond donors (Lipinski definition) is 0. The van der Waals surface area contributed by atoms with Crippen molar-refractivity contribution in [3.8, 4) is 0 Å². The molecule has 0 amide bonds. The molecule has 0 heterocycles. The fraction of sp³-hybridized carbons (Fsp3) is 0.455. The first-order chi connectivity index (χ1) is 5.33. The molecule has 0 N–H and O–H groups in total. The van der Waals surface area contributed by atoms with Crippen LogP contribution in [0.15, 0.2) is 29.2 Å². The van der Waals surface area contributed by atoms with Crippen LogP contribution in [0.3, 0.4) is 0 Å². The Bertz CT molecular complexity index is 177. The van der Waals surface area contributed by atoms with Gasteiger partial charge in [0.25, 0.3) is 0 Å². The Morgan fingerprint density at radius 1 is 1.00 bits per heavy atom. The molecule has 0 unspecified atom stereocenters. The number of hydrogen-bond acceptors (Lipinski definition) is 1. The molecule has 70 valence electrons. The molecular weight excluding hydrogens is 164 g/mol. The van der Waals surface area contributed by atoms with Crippen LogP contribution in [0.5, 0.6) is 0 Å². The van der Waals surface area contributed by atoms with Gasteiger partial charge in [-0.3, -0.25) is 0 Å². The van der Waals surface area contributed by atoms with E-state index in [9.17, 15) is 0 Å². The Morgan fingerprint density at radius 2 is 1.42 bits per heavy atom. The lowest BCUT2D eigenvalue weighted by molar-refractivity contribution is 1.38. The summed E-state index contributed by atoms with van der Waals surface area (Å²) in [4.78, 5) is 1.33. The molecule has 0 aromatic heterocycles. The van der Waals surface area contributed by atoms with Crippen LogP contribution in [-0.4, -0.2) is 6.26 Å². The SMILES string of the molecule is C.CC.CSc1ccc(C)cc1. The van der Waals surface area contributed by atoms with Crippen molar-refractivity contribution in [2.24, 2.45) is 0 Å². The highest BCUT2D eigenvalue weighted by Crippen LogP contribution is 2.13. The van der Waals surface area contributed by atoms with Crippen molar-refractivity contribution in [3.63, 3.8) is 0 Å². The molecule has 1 aromatic rings. The lowest BCUT2D eigenvalue weighted by atomic mass is 10.2. The number of thioether (sulfide) groups is 1. The average Bonchev–Trinajstić information content (AvgIpc) is 2.10. The van der Waals surface area contributed by atoms with Gasteiger partial charge < -0.3 is 0 Å². The van der Waals surface area contributed by atoms with Gasteiger partial charge in [0.15, 0.2) is 0 Å². The Balaban J connectivity index is 0. The smallest absolute Gasteiger partial charge is 0.00693 e. The largest absolute Gasteiger partial charge is 0.130 e. The zero-order valence-corrected chi connectivity index (χ0v) is 8.53. The summed E-state index contributed by atoms with van der Waals surface area (Å²) in [6, 6.07) is 8.54. The van der Waals surface area contributed by atoms with E-state index in [1.54, 1.807) is 11.8 Å². The summed E-state index contributed by atoms with van der Waals surface area (Å²) in [5.74, 6) is 0. The van der Waals surface area contributed by atoms with Gasteiger partial charge in [-0.15, -0.1) is 11.8 Å². The molecule has 0 atom stereocenters. The molecule has 0 bridgehead atoms. The summed E-state index contributed by atoms with van der Waals surface area (Å²) in [5, 5.41) is 0. The Hall–Kier alpha value is -0.430. The van der Waals surface area contributed by atoms with Crippen molar-refractivity contribution in [2.75, 3.05) is 6.26 Å². The molecular formula is C11H20S. The summed E-state index contributed by atoms with van der Waals surface area (Å²) in [6.45, 7) is 6.10. The monoisotopic (exact) mass is 184 g/mol. The van der Waals surface area contributed by atoms with E-state index in [-0.39, 0.29) is 7.43 Å². The average molecular weight is 184 g/mol. The molecule has 1 heteroatoms. The molecule has 0 saturated carbocycles. The first kappa shape index (κ1) is 14.1. The van der Waals surface area contributed by atoms with Gasteiger partial charge in [0.2, 0.25) is 0 Å². The van der Waals surface area contributed by atoms with E-state index in [1.165, 1.54) is 10.5 Å². The topological polar surface area (TPSA) is 0 Å². The summed E-state index contributed by atoms with van der Waals surface area (Å²) < 4.78 is 0. The minimum atomic E-state index is 0. The Labute approximate surface area is 81.4 Å². The number of benzene rings is 1. The zero-order chi connectivity index (χ0) is 8.69. The maximum absolute atomic E-state index is 2.14. The maximum atomic E-state index is 2.14. The van der Waals surface area contributed by atoms with Gasteiger partial charge in [0, 0.05) is 4.90 Å². The molecule has 0 nitrogen and oxygen atoms in total. The number of rotatable bonds is 1. The van der Waals surface area contributed by atoms with Crippen LogP contribution in [0, 0.1) is 6.92 Å². The van der Waals surface area contributed by atoms with Crippen molar-refractivity contribution in [1.82, 2.24) is 0 Å². The normalized spacial score (nSPS) is 7.67. The standard InChI is InChI=1S/C8H10S.C2H6.CH4/c1-7-3-5-8(9-2)6-4-7;1-2;/h3-6H,1-2H3;1-2H3;1H4. The lowest BCUT2D eigenvalue weighted by Gasteiger charge is -1.93. The van der Waals surface area contributed by atoms with E-state index < -0.39 is 0 Å². The van der Waals surface area contributed by atoms with Crippen molar-refractivity contribution in [2.45, 2.75) is 33.1 Å². The second-order valence-electron chi connectivity index (χ2n) is 2.02. The van der Waals surface area contributed by atoms with Gasteiger partial charge in [-0.1, -0.05) is 39.0 Å². The van der Waals surface area contributed by atoms with Crippen LogP contribution in [0.2, 0.25) is 0 Å². The van der Waals surface area contributed by atoms with Crippen LogP contribution in [-0.2, 0) is 0 Å². The third-order valence-corrected chi connectivity index (χ3v) is 2.00. The third-order valence-electron chi connectivity index (χ3n) is 1.26. The van der Waals surface area contributed by atoms with Gasteiger partial charge in [-0.25, -0.2) is 0 Å². The van der Waals surface area contributed by atoms with Crippen molar-refractivity contribution < 1.29 is 0 Å². The first-order valence-electron chi connectivity index (χ1n) is 3.93. The van der Waals surface area contributed by atoms with Crippen LogP contribution >= 0.6 is 11.8 Å². The maximum Gasteiger partial charge on any atom is 0.00693 e. The summed E-state index contributed by atoms with van der Waals surface area (Å²) in [7, 11) is 0. The van der Waals surface area contributed by atoms with E-state index in [0.29, 0.717) is 0 Å². The Morgan fingerprint density at radius 3 is 1.75 bits per heavy atom. The van der Waals surface area contributed by atoms with E-state index >= 15 is 0 Å². The van der Waals surface area contributed by atoms with Crippen molar-refractivity contribution in [3.05, 3.63) is 29.8 Å². The minimum Gasteiger partial charge on any atom is -0.130 e. The predicted molar refractivity (Wildman–Crippen MR) is 61.0 cm³/mol. The molecule has 0 radical (unpaired) electrons. The highest BCUT2D eigenvalue weighted by molar-refractivity contribution is 7.98. The first-order valence-corrected chi connectivity index (χ1v) is 5.16. The van der Waals surface area contributed by atoms with Gasteiger partial charge in [0.1, 0.15) is 0 Å². The fourth-order valence-electron chi connectivity index (χ4n) is 0.674. The second-order valence-corrected chi connectivity index (χ2v) is 2.90. The highest BCUT2D eigenvalue weighted by Gasteiger charge is 1.85. The molecule has 0 saturated heterocycles. The van der Waals surface area contributed by atoms with E-state index in [1.807, 2.05) is 13.8 Å². The van der Waals surface area contributed by atoms with Gasteiger partial charge in [-0.2, -0.15) is 0 Å². The van der Waals surface area contributed by atoms with E-state index in [4.69, 9.17) is 0 Å². The molecule has 0 fully saturated rings. The highest BCUT2D eigenvalue weighted by atomic mass is 32.2. The molecule has 1 rings (SSSR count). The summed E-state index contributed by atoms with van der Waals surface area (Å²) in [5.41, 5.74) is 1.33. The lowest BCUT2D eigenvalue weighted by Crippen LogP contribution is -1.70. The minimum absolute atomic E-state index is 0. The zero-order valence-electron chi connectivity index (χ0n) is 7.72. The molecule has 1 aromatic carbocycles. The van der Waals surface area contributed by atoms with Gasteiger partial charge >= 0.3 is 0 Å². The molecule has 0 spiro atoms. The van der Waals surface area contributed by atoms with Crippen LogP contribution < -0.4 is 0 Å². The van der Waals surface area contributed by atoms with Gasteiger partial charge in [-0.05, 0) is 25.3 Å². The Kier molecular flexibility index (Phi) is 10.2. The van der Waals surface area contributed by atoms with Crippen molar-refractivity contribution in [1.29, 1.82) is 0 Å². The van der Waals surface area contributed by atoms with Crippen molar-refractivity contribution >= 4 is 11.8 Å². The fourth-order valence-corrected chi connectivity index (χ4v) is 1.08. The van der Waals surface area contributed by atoms with Gasteiger partial charge in [0.05, 0.1) is 0 Å². The summed E-state index contributed by atoms with van der Waals surface area (Å²) >= 11 is 1.78. The molecule has 12 heavy (non-hydrogen) atoms. The summed E-state index contributed by atoms with van der Waals surface area (Å²) in [6.07, 6.45) is 2.09. The molecule has 0 aliphatic rings. The molecule has 0 aliphatic heterocycles. The second kappa shape index (κ2) is 8.66. The third kappa shape index (κ3) is 5.25. The number of aryl methyl sites for hydroxylation is 1. The van der Waals surface area contributed by atoms with Crippen LogP contribution in [0.25, 0.3) is 0 Å². The van der Waals surface area contributed by atoms with Crippen LogP contribution in [0.1, 0.15) is 26.8 Å². The van der Waals surface area contributed by atoms with E-state index in [2.05, 4.69) is 37.4 Å². The quantitative estimate of drug-likeness (QED) is 0.584. The van der Waals surface area contributed by atoms with Crippen LogP contribution in [0.4, 0.5) is 0 Å². The molecule has 0 aliphatic carbocycles. The predicted octanol–water partition coefficient (Wildman–Crippen LogP) is 4.38.